The Balaban J connectivity index is 1.75. The highest BCUT2D eigenvalue weighted by atomic mass is 16.3. The lowest BCUT2D eigenvalue weighted by atomic mass is 9.83. The van der Waals surface area contributed by atoms with Crippen LogP contribution in [0, 0.1) is 20.8 Å². The number of aromatic nitrogens is 5. The number of aliphatic hydroxyl groups excluding tert-OH is 1. The first-order chi connectivity index (χ1) is 9.54. The van der Waals surface area contributed by atoms with E-state index >= 15 is 0 Å². The van der Waals surface area contributed by atoms with Crippen LogP contribution in [0.1, 0.15) is 29.4 Å². The van der Waals surface area contributed by atoms with E-state index < -0.39 is 6.10 Å². The van der Waals surface area contributed by atoms with Crippen molar-refractivity contribution in [1.82, 2.24) is 25.0 Å². The van der Waals surface area contributed by atoms with Gasteiger partial charge in [0.15, 0.2) is 0 Å². The van der Waals surface area contributed by atoms with Gasteiger partial charge in [-0.25, -0.2) is 4.98 Å². The fraction of sp³-hybridized carbons (Fsp3) is 0.538. The van der Waals surface area contributed by atoms with Gasteiger partial charge in [0, 0.05) is 6.20 Å². The van der Waals surface area contributed by atoms with Crippen LogP contribution in [-0.2, 0) is 0 Å². The van der Waals surface area contributed by atoms with Gasteiger partial charge in [0.05, 0.1) is 35.8 Å². The number of aliphatic hydroxyl groups is 1. The number of nitrogens with one attached hydrogen (secondary N) is 1. The number of anilines is 1. The summed E-state index contributed by atoms with van der Waals surface area (Å²) in [6.07, 6.45) is 3.98. The van der Waals surface area contributed by atoms with E-state index in [0.29, 0.717) is 12.4 Å². The standard InChI is InChI=1S/C13H18N6O/c1-7-5-14-19(6-7)12-10(4-11(12)20)16-13-15-8(2)9(3)17-18-13/h5-6,10-12,20H,4H2,1-3H3,(H,15,16,18)/t10-,11+,12+/m0/s1. The summed E-state index contributed by atoms with van der Waals surface area (Å²) in [5.41, 5.74) is 2.75. The van der Waals surface area contributed by atoms with Crippen LogP contribution in [0.4, 0.5) is 5.95 Å². The average Bonchev–Trinajstić information content (AvgIpc) is 2.79. The second kappa shape index (κ2) is 4.82. The Morgan fingerprint density at radius 1 is 1.25 bits per heavy atom. The van der Waals surface area contributed by atoms with Crippen molar-refractivity contribution in [2.24, 2.45) is 0 Å². The zero-order chi connectivity index (χ0) is 14.3. The zero-order valence-electron chi connectivity index (χ0n) is 11.8. The quantitative estimate of drug-likeness (QED) is 0.860. The van der Waals surface area contributed by atoms with E-state index in [0.717, 1.165) is 17.0 Å². The average molecular weight is 274 g/mol. The third-order valence-electron chi connectivity index (χ3n) is 3.74. The number of aryl methyl sites for hydroxylation is 3. The van der Waals surface area contributed by atoms with E-state index in [1.54, 1.807) is 10.9 Å². The molecule has 1 aliphatic rings. The van der Waals surface area contributed by atoms with Crippen molar-refractivity contribution < 1.29 is 5.11 Å². The number of hydrogen-bond acceptors (Lipinski definition) is 6. The Bertz CT molecular complexity index is 625. The molecule has 1 aliphatic carbocycles. The molecule has 2 N–H and O–H groups in total. The van der Waals surface area contributed by atoms with Crippen molar-refractivity contribution in [3.63, 3.8) is 0 Å². The monoisotopic (exact) mass is 274 g/mol. The SMILES string of the molecule is Cc1cnn([C@H]2[C@H](O)C[C@@H]2Nc2nnc(C)c(C)n2)c1. The Morgan fingerprint density at radius 2 is 2.05 bits per heavy atom. The zero-order valence-corrected chi connectivity index (χ0v) is 11.8. The van der Waals surface area contributed by atoms with Crippen molar-refractivity contribution >= 4 is 5.95 Å². The van der Waals surface area contributed by atoms with E-state index in [4.69, 9.17) is 0 Å². The van der Waals surface area contributed by atoms with E-state index in [1.807, 2.05) is 27.0 Å². The molecule has 0 unspecified atom stereocenters. The maximum atomic E-state index is 9.96. The van der Waals surface area contributed by atoms with Crippen LogP contribution in [0.2, 0.25) is 0 Å². The van der Waals surface area contributed by atoms with Crippen LogP contribution in [0.3, 0.4) is 0 Å². The molecule has 0 aromatic carbocycles. The minimum atomic E-state index is -0.397. The molecule has 2 aromatic rings. The van der Waals surface area contributed by atoms with E-state index in [2.05, 4.69) is 25.6 Å². The molecule has 0 amide bonds. The van der Waals surface area contributed by atoms with Gasteiger partial charge in [0.25, 0.3) is 0 Å². The summed E-state index contributed by atoms with van der Waals surface area (Å²) in [5, 5.41) is 25.5. The van der Waals surface area contributed by atoms with Crippen molar-refractivity contribution in [1.29, 1.82) is 0 Å². The molecular formula is C13H18N6O. The minimum Gasteiger partial charge on any atom is -0.391 e. The first-order valence-corrected chi connectivity index (χ1v) is 6.68. The Morgan fingerprint density at radius 3 is 2.65 bits per heavy atom. The number of nitrogens with zero attached hydrogens (tertiary/aromatic N) is 5. The molecule has 20 heavy (non-hydrogen) atoms. The molecule has 0 aliphatic heterocycles. The first-order valence-electron chi connectivity index (χ1n) is 6.68. The largest absolute Gasteiger partial charge is 0.391 e. The maximum absolute atomic E-state index is 9.96. The molecule has 3 atom stereocenters. The molecule has 0 radical (unpaired) electrons. The third kappa shape index (κ3) is 2.24. The number of hydrogen-bond donors (Lipinski definition) is 2. The van der Waals surface area contributed by atoms with Crippen LogP contribution in [0.5, 0.6) is 0 Å². The van der Waals surface area contributed by atoms with Crippen LogP contribution in [0.25, 0.3) is 0 Å². The Labute approximate surface area is 117 Å². The highest BCUT2D eigenvalue weighted by molar-refractivity contribution is 5.29. The molecule has 3 rings (SSSR count). The third-order valence-corrected chi connectivity index (χ3v) is 3.74. The van der Waals surface area contributed by atoms with Crippen molar-refractivity contribution in [2.45, 2.75) is 45.4 Å². The van der Waals surface area contributed by atoms with Gasteiger partial charge in [0.1, 0.15) is 0 Å². The molecule has 0 saturated heterocycles. The Hall–Kier alpha value is -2.02. The fourth-order valence-corrected chi connectivity index (χ4v) is 2.40. The van der Waals surface area contributed by atoms with Gasteiger partial charge in [-0.15, -0.1) is 5.10 Å². The van der Waals surface area contributed by atoms with Gasteiger partial charge in [-0.2, -0.15) is 10.2 Å². The summed E-state index contributed by atoms with van der Waals surface area (Å²) in [6.45, 7) is 5.76. The maximum Gasteiger partial charge on any atom is 0.243 e. The van der Waals surface area contributed by atoms with Crippen LogP contribution in [0.15, 0.2) is 12.4 Å². The van der Waals surface area contributed by atoms with Gasteiger partial charge in [-0.05, 0) is 32.8 Å². The van der Waals surface area contributed by atoms with Crippen LogP contribution >= 0.6 is 0 Å². The smallest absolute Gasteiger partial charge is 0.243 e. The lowest BCUT2D eigenvalue weighted by Gasteiger charge is -2.41. The minimum absolute atomic E-state index is 0.0632. The summed E-state index contributed by atoms with van der Waals surface area (Å²) in [6, 6.07) is -0.0258. The highest BCUT2D eigenvalue weighted by Gasteiger charge is 2.42. The molecule has 106 valence electrons. The molecule has 1 saturated carbocycles. The van der Waals surface area contributed by atoms with Crippen molar-refractivity contribution in [2.75, 3.05) is 5.32 Å². The predicted molar refractivity (Wildman–Crippen MR) is 73.3 cm³/mol. The molecular weight excluding hydrogens is 256 g/mol. The van der Waals surface area contributed by atoms with Crippen LogP contribution in [-0.4, -0.2) is 42.2 Å². The highest BCUT2D eigenvalue weighted by Crippen LogP contribution is 2.34. The lowest BCUT2D eigenvalue weighted by Crippen LogP contribution is -2.51. The van der Waals surface area contributed by atoms with E-state index in [-0.39, 0.29) is 12.1 Å². The molecule has 7 nitrogen and oxygen atoms in total. The van der Waals surface area contributed by atoms with E-state index in [1.165, 1.54) is 0 Å². The summed E-state index contributed by atoms with van der Waals surface area (Å²) >= 11 is 0. The molecule has 2 aromatic heterocycles. The second-order valence-corrected chi connectivity index (χ2v) is 5.35. The normalized spacial score (nSPS) is 25.3. The summed E-state index contributed by atoms with van der Waals surface area (Å²) < 4.78 is 1.80. The fourth-order valence-electron chi connectivity index (χ4n) is 2.40. The number of rotatable bonds is 3. The summed E-state index contributed by atoms with van der Waals surface area (Å²) in [5.74, 6) is 0.499. The van der Waals surface area contributed by atoms with Gasteiger partial charge >= 0.3 is 0 Å². The Kier molecular flexibility index (Phi) is 3.13. The molecule has 1 fully saturated rings. The molecule has 2 heterocycles. The van der Waals surface area contributed by atoms with Crippen molar-refractivity contribution in [3.8, 4) is 0 Å². The van der Waals surface area contributed by atoms with E-state index in [9.17, 15) is 5.11 Å². The van der Waals surface area contributed by atoms with Gasteiger partial charge in [0.2, 0.25) is 5.95 Å². The topological polar surface area (TPSA) is 88.8 Å². The summed E-state index contributed by atoms with van der Waals surface area (Å²) in [4.78, 5) is 4.36. The van der Waals surface area contributed by atoms with Gasteiger partial charge < -0.3 is 10.4 Å². The lowest BCUT2D eigenvalue weighted by molar-refractivity contribution is 0.0131. The molecule has 0 bridgehead atoms. The van der Waals surface area contributed by atoms with Crippen LogP contribution < -0.4 is 5.32 Å². The van der Waals surface area contributed by atoms with Gasteiger partial charge in [-0.3, -0.25) is 4.68 Å². The predicted octanol–water partition coefficient (Wildman–Crippen LogP) is 0.780. The second-order valence-electron chi connectivity index (χ2n) is 5.35. The van der Waals surface area contributed by atoms with Crippen molar-refractivity contribution in [3.05, 3.63) is 29.3 Å². The summed E-state index contributed by atoms with van der Waals surface area (Å²) in [7, 11) is 0. The molecule has 7 heteroatoms. The molecule has 0 spiro atoms. The van der Waals surface area contributed by atoms with Gasteiger partial charge in [-0.1, -0.05) is 0 Å². The first kappa shape index (κ1) is 13.0.